The molecule has 6 nitrogen and oxygen atoms in total. The quantitative estimate of drug-likeness (QED) is 0.580. The molecule has 7 heteroatoms. The van der Waals surface area contributed by atoms with E-state index in [0.717, 1.165) is 28.5 Å². The van der Waals surface area contributed by atoms with Crippen LogP contribution in [0.25, 0.3) is 0 Å². The van der Waals surface area contributed by atoms with E-state index in [1.165, 1.54) is 11.2 Å². The van der Waals surface area contributed by atoms with E-state index < -0.39 is 0 Å². The maximum Gasteiger partial charge on any atom is 0.148 e. The SMILES string of the molecule is CCc1c(NN)ncnc1NC(C)c1sc(C)nc1C. The highest BCUT2D eigenvalue weighted by atomic mass is 32.1. The van der Waals surface area contributed by atoms with Gasteiger partial charge in [0.05, 0.1) is 16.7 Å². The highest BCUT2D eigenvalue weighted by molar-refractivity contribution is 7.11. The van der Waals surface area contributed by atoms with Crippen LogP contribution in [0.2, 0.25) is 0 Å². The topological polar surface area (TPSA) is 88.8 Å². The Morgan fingerprint density at radius 2 is 2.00 bits per heavy atom. The minimum absolute atomic E-state index is 0.145. The second-order valence-electron chi connectivity index (χ2n) is 4.60. The predicted octanol–water partition coefficient (Wildman–Crippen LogP) is 2.57. The zero-order valence-electron chi connectivity index (χ0n) is 12.2. The summed E-state index contributed by atoms with van der Waals surface area (Å²) in [5, 5.41) is 4.51. The van der Waals surface area contributed by atoms with Gasteiger partial charge < -0.3 is 10.7 Å². The van der Waals surface area contributed by atoms with E-state index in [1.807, 2.05) is 13.8 Å². The molecule has 0 aliphatic carbocycles. The molecule has 1 atom stereocenters. The minimum Gasteiger partial charge on any atom is -0.362 e. The van der Waals surface area contributed by atoms with E-state index in [0.29, 0.717) is 5.82 Å². The van der Waals surface area contributed by atoms with Crippen LogP contribution in [0, 0.1) is 13.8 Å². The van der Waals surface area contributed by atoms with Gasteiger partial charge in [0.25, 0.3) is 0 Å². The zero-order valence-corrected chi connectivity index (χ0v) is 13.0. The van der Waals surface area contributed by atoms with Gasteiger partial charge in [-0.2, -0.15) is 0 Å². The van der Waals surface area contributed by atoms with E-state index in [1.54, 1.807) is 11.3 Å². The fraction of sp³-hybridized carbons (Fsp3) is 0.462. The molecule has 0 radical (unpaired) electrons. The third-order valence-corrected chi connectivity index (χ3v) is 4.38. The van der Waals surface area contributed by atoms with Gasteiger partial charge in [-0.05, 0) is 27.2 Å². The molecule has 2 heterocycles. The molecule has 0 aromatic carbocycles. The Morgan fingerprint density at radius 1 is 1.30 bits per heavy atom. The Labute approximate surface area is 122 Å². The first kappa shape index (κ1) is 14.7. The van der Waals surface area contributed by atoms with Gasteiger partial charge in [-0.3, -0.25) is 0 Å². The molecule has 0 fully saturated rings. The third kappa shape index (κ3) is 2.88. The number of anilines is 2. The fourth-order valence-electron chi connectivity index (χ4n) is 2.22. The molecule has 0 bridgehead atoms. The van der Waals surface area contributed by atoms with E-state index in [2.05, 4.69) is 39.5 Å². The molecule has 0 spiro atoms. The molecule has 108 valence electrons. The van der Waals surface area contributed by atoms with Gasteiger partial charge in [0.1, 0.15) is 18.0 Å². The van der Waals surface area contributed by atoms with Gasteiger partial charge in [-0.15, -0.1) is 11.3 Å². The number of hydrazine groups is 1. The number of nitrogen functional groups attached to an aromatic ring is 1. The second-order valence-corrected chi connectivity index (χ2v) is 5.83. The number of nitrogens with one attached hydrogen (secondary N) is 2. The molecule has 2 aromatic heterocycles. The summed E-state index contributed by atoms with van der Waals surface area (Å²) in [6.07, 6.45) is 2.31. The first-order valence-corrected chi connectivity index (χ1v) is 7.39. The highest BCUT2D eigenvalue weighted by Gasteiger charge is 2.16. The average molecular weight is 292 g/mol. The van der Waals surface area contributed by atoms with Crippen molar-refractivity contribution in [2.45, 2.75) is 40.2 Å². The summed E-state index contributed by atoms with van der Waals surface area (Å²) in [4.78, 5) is 14.2. The van der Waals surface area contributed by atoms with Crippen molar-refractivity contribution in [3.8, 4) is 0 Å². The van der Waals surface area contributed by atoms with Crippen molar-refractivity contribution in [2.75, 3.05) is 10.7 Å². The lowest BCUT2D eigenvalue weighted by Gasteiger charge is -2.17. The van der Waals surface area contributed by atoms with Gasteiger partial charge in [-0.25, -0.2) is 20.8 Å². The zero-order chi connectivity index (χ0) is 14.7. The van der Waals surface area contributed by atoms with Gasteiger partial charge in [-0.1, -0.05) is 6.92 Å². The fourth-order valence-corrected chi connectivity index (χ4v) is 3.15. The lowest BCUT2D eigenvalue weighted by molar-refractivity contribution is 0.867. The molecule has 4 N–H and O–H groups in total. The molecular formula is C13H20N6S. The summed E-state index contributed by atoms with van der Waals surface area (Å²) in [6.45, 7) is 8.21. The monoisotopic (exact) mass is 292 g/mol. The number of rotatable bonds is 5. The standard InChI is InChI=1S/C13H20N6S/c1-5-10-12(15-6-16-13(10)19-14)18-8(3)11-7(2)17-9(4)20-11/h6,8H,5,14H2,1-4H3,(H2,15,16,18,19). The van der Waals surface area contributed by atoms with Crippen LogP contribution in [0.4, 0.5) is 11.6 Å². The molecule has 20 heavy (non-hydrogen) atoms. The predicted molar refractivity (Wildman–Crippen MR) is 82.8 cm³/mol. The van der Waals surface area contributed by atoms with Gasteiger partial charge in [0, 0.05) is 10.4 Å². The molecule has 0 aliphatic rings. The normalized spacial score (nSPS) is 12.2. The largest absolute Gasteiger partial charge is 0.362 e. The molecule has 0 saturated carbocycles. The summed E-state index contributed by atoms with van der Waals surface area (Å²) in [5.41, 5.74) is 4.67. The van der Waals surface area contributed by atoms with E-state index in [9.17, 15) is 0 Å². The second kappa shape index (κ2) is 6.15. The summed E-state index contributed by atoms with van der Waals surface area (Å²) < 4.78 is 0. The smallest absolute Gasteiger partial charge is 0.148 e. The molecule has 0 saturated heterocycles. The number of hydrogen-bond donors (Lipinski definition) is 3. The third-order valence-electron chi connectivity index (χ3n) is 3.12. The van der Waals surface area contributed by atoms with Crippen molar-refractivity contribution in [3.05, 3.63) is 27.5 Å². The lowest BCUT2D eigenvalue weighted by Crippen LogP contribution is -2.15. The number of nitrogens with zero attached hydrogens (tertiary/aromatic N) is 3. The van der Waals surface area contributed by atoms with Crippen LogP contribution in [-0.4, -0.2) is 15.0 Å². The van der Waals surface area contributed by atoms with E-state index in [-0.39, 0.29) is 6.04 Å². The Kier molecular flexibility index (Phi) is 4.51. The Morgan fingerprint density at radius 3 is 2.55 bits per heavy atom. The van der Waals surface area contributed by atoms with Crippen molar-refractivity contribution in [1.29, 1.82) is 0 Å². The van der Waals surface area contributed by atoms with Crippen LogP contribution < -0.4 is 16.6 Å². The maximum absolute atomic E-state index is 5.49. The Bertz CT molecular complexity index is 595. The van der Waals surface area contributed by atoms with Crippen LogP contribution in [0.1, 0.15) is 41.0 Å². The summed E-state index contributed by atoms with van der Waals surface area (Å²) in [5.74, 6) is 6.96. The Balaban J connectivity index is 2.28. The lowest BCUT2D eigenvalue weighted by atomic mass is 10.2. The van der Waals surface area contributed by atoms with Gasteiger partial charge in [0.2, 0.25) is 0 Å². The highest BCUT2D eigenvalue weighted by Crippen LogP contribution is 2.29. The Hall–Kier alpha value is -1.73. The van der Waals surface area contributed by atoms with Crippen LogP contribution in [0.15, 0.2) is 6.33 Å². The van der Waals surface area contributed by atoms with Crippen LogP contribution >= 0.6 is 11.3 Å². The number of hydrogen-bond acceptors (Lipinski definition) is 7. The van der Waals surface area contributed by atoms with Crippen molar-refractivity contribution in [2.24, 2.45) is 5.84 Å². The van der Waals surface area contributed by atoms with Gasteiger partial charge >= 0.3 is 0 Å². The van der Waals surface area contributed by atoms with Crippen LogP contribution in [-0.2, 0) is 6.42 Å². The number of nitrogens with two attached hydrogens (primary N) is 1. The average Bonchev–Trinajstić information content (AvgIpc) is 2.77. The number of aryl methyl sites for hydroxylation is 2. The van der Waals surface area contributed by atoms with Gasteiger partial charge in [0.15, 0.2) is 0 Å². The molecule has 2 aromatic rings. The van der Waals surface area contributed by atoms with Crippen LogP contribution in [0.5, 0.6) is 0 Å². The van der Waals surface area contributed by atoms with E-state index >= 15 is 0 Å². The summed E-state index contributed by atoms with van der Waals surface area (Å²) >= 11 is 1.71. The minimum atomic E-state index is 0.145. The van der Waals surface area contributed by atoms with Crippen molar-refractivity contribution >= 4 is 23.0 Å². The number of thiazole rings is 1. The maximum atomic E-state index is 5.49. The molecular weight excluding hydrogens is 272 g/mol. The number of aromatic nitrogens is 3. The first-order valence-electron chi connectivity index (χ1n) is 6.57. The van der Waals surface area contributed by atoms with Crippen molar-refractivity contribution in [3.63, 3.8) is 0 Å². The molecule has 2 rings (SSSR count). The van der Waals surface area contributed by atoms with E-state index in [4.69, 9.17) is 5.84 Å². The van der Waals surface area contributed by atoms with Crippen LogP contribution in [0.3, 0.4) is 0 Å². The summed E-state index contributed by atoms with van der Waals surface area (Å²) in [6, 6.07) is 0.145. The van der Waals surface area contributed by atoms with Crippen molar-refractivity contribution in [1.82, 2.24) is 15.0 Å². The summed E-state index contributed by atoms with van der Waals surface area (Å²) in [7, 11) is 0. The molecule has 0 aliphatic heterocycles. The van der Waals surface area contributed by atoms with Crippen molar-refractivity contribution < 1.29 is 0 Å². The first-order chi connectivity index (χ1) is 9.56. The molecule has 1 unspecified atom stereocenters. The molecule has 0 amide bonds.